The molecule has 3 heterocycles. The van der Waals surface area contributed by atoms with Gasteiger partial charge in [-0.1, -0.05) is 23.5 Å². The third-order valence-electron chi connectivity index (χ3n) is 5.10. The molecule has 7 nitrogen and oxygen atoms in total. The summed E-state index contributed by atoms with van der Waals surface area (Å²) in [4.78, 5) is 17.2. The highest BCUT2D eigenvalue weighted by Gasteiger charge is 2.33. The van der Waals surface area contributed by atoms with E-state index in [0.29, 0.717) is 28.9 Å². The van der Waals surface area contributed by atoms with Crippen LogP contribution in [0.25, 0.3) is 15.3 Å². The number of hydrogen-bond acceptors (Lipinski definition) is 6. The van der Waals surface area contributed by atoms with Crippen LogP contribution in [0.4, 0.5) is 5.82 Å². The molecular weight excluding hydrogens is 388 g/mol. The minimum Gasteiger partial charge on any atom is -0.497 e. The fourth-order valence-corrected chi connectivity index (χ4v) is 4.64. The molecule has 2 aromatic carbocycles. The van der Waals surface area contributed by atoms with Crippen LogP contribution >= 0.6 is 11.3 Å². The predicted molar refractivity (Wildman–Crippen MR) is 111 cm³/mol. The molecular formula is C21H18N4O3S. The first kappa shape index (κ1) is 17.7. The van der Waals surface area contributed by atoms with Crippen LogP contribution in [-0.4, -0.2) is 34.9 Å². The lowest BCUT2D eigenvalue weighted by Gasteiger charge is -2.25. The number of thiazole rings is 1. The van der Waals surface area contributed by atoms with Crippen molar-refractivity contribution in [3.8, 4) is 16.6 Å². The molecule has 4 aromatic rings. The highest BCUT2D eigenvalue weighted by Crippen LogP contribution is 2.43. The molecule has 146 valence electrons. The number of nitrogens with zero attached hydrogens (tertiary/aromatic N) is 3. The number of methoxy groups -OCH3 is 2. The maximum atomic E-state index is 12.6. The third kappa shape index (κ3) is 2.92. The van der Waals surface area contributed by atoms with Gasteiger partial charge in [-0.25, -0.2) is 4.98 Å². The van der Waals surface area contributed by atoms with Crippen LogP contribution in [0.1, 0.15) is 23.5 Å². The van der Waals surface area contributed by atoms with Gasteiger partial charge in [-0.05, 0) is 30.3 Å². The molecule has 1 aliphatic heterocycles. The van der Waals surface area contributed by atoms with Crippen LogP contribution in [0.15, 0.2) is 48.7 Å². The summed E-state index contributed by atoms with van der Waals surface area (Å²) in [5.74, 6) is 1.81. The van der Waals surface area contributed by atoms with Crippen molar-refractivity contribution in [2.24, 2.45) is 0 Å². The number of ether oxygens (including phenoxy) is 2. The summed E-state index contributed by atoms with van der Waals surface area (Å²) < 4.78 is 13.7. The molecule has 0 aliphatic carbocycles. The van der Waals surface area contributed by atoms with Gasteiger partial charge in [0.25, 0.3) is 0 Å². The lowest BCUT2D eigenvalue weighted by Crippen LogP contribution is -2.24. The first-order chi connectivity index (χ1) is 14.2. The number of carbonyl (C=O) groups excluding carboxylic acids is 1. The molecule has 0 saturated carbocycles. The van der Waals surface area contributed by atoms with E-state index in [1.165, 1.54) is 11.3 Å². The second-order valence-corrected chi connectivity index (χ2v) is 7.75. The zero-order valence-corrected chi connectivity index (χ0v) is 16.7. The molecule has 1 atom stereocenters. The van der Waals surface area contributed by atoms with Gasteiger partial charge in [0.1, 0.15) is 17.3 Å². The average Bonchev–Trinajstić information content (AvgIpc) is 3.36. The van der Waals surface area contributed by atoms with Crippen molar-refractivity contribution in [3.63, 3.8) is 0 Å². The molecule has 29 heavy (non-hydrogen) atoms. The third-order valence-corrected chi connectivity index (χ3v) is 6.11. The summed E-state index contributed by atoms with van der Waals surface area (Å²) in [6, 6.07) is 13.5. The van der Waals surface area contributed by atoms with Crippen molar-refractivity contribution < 1.29 is 14.3 Å². The van der Waals surface area contributed by atoms with Crippen LogP contribution in [0.2, 0.25) is 0 Å². The predicted octanol–water partition coefficient (Wildman–Crippen LogP) is 3.97. The smallest absolute Gasteiger partial charge is 0.226 e. The molecule has 2 aromatic heterocycles. The highest BCUT2D eigenvalue weighted by molar-refractivity contribution is 7.20. The Morgan fingerprint density at radius 1 is 1.14 bits per heavy atom. The van der Waals surface area contributed by atoms with Crippen molar-refractivity contribution in [1.82, 2.24) is 14.8 Å². The van der Waals surface area contributed by atoms with Gasteiger partial charge in [-0.2, -0.15) is 9.78 Å². The van der Waals surface area contributed by atoms with E-state index >= 15 is 0 Å². The average molecular weight is 406 g/mol. The molecule has 0 saturated heterocycles. The number of amides is 1. The number of rotatable bonds is 4. The molecule has 8 heteroatoms. The zero-order valence-electron chi connectivity index (χ0n) is 15.9. The lowest BCUT2D eigenvalue weighted by atomic mass is 9.86. The minimum atomic E-state index is -0.188. The number of benzene rings is 2. The van der Waals surface area contributed by atoms with E-state index in [1.54, 1.807) is 25.1 Å². The molecule has 0 radical (unpaired) electrons. The van der Waals surface area contributed by atoms with Crippen LogP contribution in [0, 0.1) is 0 Å². The van der Waals surface area contributed by atoms with Gasteiger partial charge in [-0.3, -0.25) is 4.79 Å². The van der Waals surface area contributed by atoms with E-state index in [-0.39, 0.29) is 11.8 Å². The normalized spacial score (nSPS) is 15.8. The Morgan fingerprint density at radius 2 is 2.00 bits per heavy atom. The summed E-state index contributed by atoms with van der Waals surface area (Å²) in [5, 5.41) is 8.24. The Labute approximate surface area is 170 Å². The Balaban J connectivity index is 1.64. The van der Waals surface area contributed by atoms with Crippen molar-refractivity contribution in [3.05, 3.63) is 59.8 Å². The first-order valence-corrected chi connectivity index (χ1v) is 9.95. The van der Waals surface area contributed by atoms with E-state index in [1.807, 2.05) is 42.5 Å². The fourth-order valence-electron chi connectivity index (χ4n) is 3.70. The largest absolute Gasteiger partial charge is 0.497 e. The summed E-state index contributed by atoms with van der Waals surface area (Å²) in [7, 11) is 3.25. The molecule has 1 N–H and O–H groups in total. The number of nitrogens with one attached hydrogen (secondary N) is 1. The second-order valence-electron chi connectivity index (χ2n) is 6.74. The van der Waals surface area contributed by atoms with Crippen molar-refractivity contribution in [2.45, 2.75) is 12.3 Å². The van der Waals surface area contributed by atoms with Crippen LogP contribution < -0.4 is 14.8 Å². The SMILES string of the molecule is COc1ccc(OC)c([C@@H]2CC(=O)Nc3c2cnn3-c2nc3ccccc3s2)c1. The number of para-hydroxylation sites is 1. The standard InChI is InChI=1S/C21H18N4O3S/c1-27-12-7-8-17(28-2)14(9-12)13-10-19(26)24-20-15(13)11-22-25(20)21-23-16-5-3-4-6-18(16)29-21/h3-9,11,13H,10H2,1-2H3,(H,24,26)/t13-/m0/s1. The highest BCUT2D eigenvalue weighted by atomic mass is 32.1. The summed E-state index contributed by atoms with van der Waals surface area (Å²) in [6.45, 7) is 0. The summed E-state index contributed by atoms with van der Waals surface area (Å²) >= 11 is 1.53. The Hall–Kier alpha value is -3.39. The van der Waals surface area contributed by atoms with E-state index in [0.717, 1.165) is 21.3 Å². The number of aromatic nitrogens is 3. The molecule has 5 rings (SSSR count). The summed E-state index contributed by atoms with van der Waals surface area (Å²) in [6.07, 6.45) is 2.10. The zero-order chi connectivity index (χ0) is 20.0. The topological polar surface area (TPSA) is 78.3 Å². The second kappa shape index (κ2) is 6.89. The molecule has 1 aliphatic rings. The maximum absolute atomic E-state index is 12.6. The Kier molecular flexibility index (Phi) is 4.21. The number of hydrogen-bond donors (Lipinski definition) is 1. The van der Waals surface area contributed by atoms with Gasteiger partial charge >= 0.3 is 0 Å². The number of carbonyl (C=O) groups is 1. The maximum Gasteiger partial charge on any atom is 0.226 e. The van der Waals surface area contributed by atoms with Gasteiger partial charge in [0.15, 0.2) is 0 Å². The van der Waals surface area contributed by atoms with Crippen molar-refractivity contribution in [1.29, 1.82) is 0 Å². The van der Waals surface area contributed by atoms with Crippen LogP contribution in [0.5, 0.6) is 11.5 Å². The van der Waals surface area contributed by atoms with Crippen LogP contribution in [-0.2, 0) is 4.79 Å². The number of anilines is 1. The van der Waals surface area contributed by atoms with Gasteiger partial charge < -0.3 is 14.8 Å². The molecule has 0 spiro atoms. The molecule has 0 bridgehead atoms. The van der Waals surface area contributed by atoms with Gasteiger partial charge in [0.2, 0.25) is 11.0 Å². The quantitative estimate of drug-likeness (QED) is 0.555. The molecule has 0 fully saturated rings. The monoisotopic (exact) mass is 406 g/mol. The van der Waals surface area contributed by atoms with Gasteiger partial charge in [0.05, 0.1) is 30.6 Å². The minimum absolute atomic E-state index is 0.0739. The van der Waals surface area contributed by atoms with Crippen LogP contribution in [0.3, 0.4) is 0 Å². The van der Waals surface area contributed by atoms with E-state index in [4.69, 9.17) is 9.47 Å². The molecule has 0 unspecified atom stereocenters. The van der Waals surface area contributed by atoms with Gasteiger partial charge in [0, 0.05) is 23.5 Å². The van der Waals surface area contributed by atoms with Crippen molar-refractivity contribution in [2.75, 3.05) is 19.5 Å². The van der Waals surface area contributed by atoms with Gasteiger partial charge in [-0.15, -0.1) is 0 Å². The first-order valence-electron chi connectivity index (χ1n) is 9.13. The molecule has 1 amide bonds. The van der Waals surface area contributed by atoms with Crippen molar-refractivity contribution >= 4 is 33.3 Å². The van der Waals surface area contributed by atoms with E-state index in [2.05, 4.69) is 15.4 Å². The van der Waals surface area contributed by atoms with E-state index in [9.17, 15) is 4.79 Å². The number of fused-ring (bicyclic) bond motifs is 2. The Bertz CT molecular complexity index is 1200. The van der Waals surface area contributed by atoms with E-state index < -0.39 is 0 Å². The fraction of sp³-hybridized carbons (Fsp3) is 0.190. The Morgan fingerprint density at radius 3 is 2.79 bits per heavy atom. The lowest BCUT2D eigenvalue weighted by molar-refractivity contribution is -0.116. The summed E-state index contributed by atoms with van der Waals surface area (Å²) in [5.41, 5.74) is 2.73.